The highest BCUT2D eigenvalue weighted by molar-refractivity contribution is 6.03. The molecule has 1 unspecified atom stereocenters. The molecule has 0 spiro atoms. The van der Waals surface area contributed by atoms with Crippen molar-refractivity contribution in [3.8, 4) is 23.0 Å². The van der Waals surface area contributed by atoms with Crippen LogP contribution in [0.4, 0.5) is 0 Å². The van der Waals surface area contributed by atoms with Gasteiger partial charge in [0.05, 0.1) is 6.42 Å². The van der Waals surface area contributed by atoms with Gasteiger partial charge in [-0.25, -0.2) is 0 Å². The predicted octanol–water partition coefficient (Wildman–Crippen LogP) is 4.93. The highest BCUT2D eigenvalue weighted by Gasteiger charge is 2.34. The van der Waals surface area contributed by atoms with Crippen LogP contribution in [0.15, 0.2) is 60.7 Å². The zero-order valence-electron chi connectivity index (χ0n) is 20.7. The molecule has 3 aromatic carbocycles. The van der Waals surface area contributed by atoms with Crippen LogP contribution in [0, 0.1) is 0 Å². The summed E-state index contributed by atoms with van der Waals surface area (Å²) in [4.78, 5) is 13.5. The van der Waals surface area contributed by atoms with E-state index >= 15 is 0 Å². The zero-order chi connectivity index (χ0) is 25.3. The van der Waals surface area contributed by atoms with Crippen LogP contribution in [0.3, 0.4) is 0 Å². The second-order valence-electron chi connectivity index (χ2n) is 8.17. The predicted molar refractivity (Wildman–Crippen MR) is 132 cm³/mol. The molecular weight excluding hydrogens is 464 g/mol. The molecule has 0 bridgehead atoms. The van der Waals surface area contributed by atoms with Crippen LogP contribution < -0.4 is 18.9 Å². The van der Waals surface area contributed by atoms with E-state index in [9.17, 15) is 4.79 Å². The van der Waals surface area contributed by atoms with E-state index in [0.29, 0.717) is 35.0 Å². The van der Waals surface area contributed by atoms with Crippen LogP contribution >= 0.6 is 0 Å². The van der Waals surface area contributed by atoms with Crippen molar-refractivity contribution in [1.29, 1.82) is 0 Å². The third-order valence-electron chi connectivity index (χ3n) is 5.70. The number of carbonyl (C=O) groups is 1. The monoisotopic (exact) mass is 494 g/mol. The van der Waals surface area contributed by atoms with Crippen LogP contribution in [-0.2, 0) is 20.6 Å². The van der Waals surface area contributed by atoms with Gasteiger partial charge in [0.15, 0.2) is 26.2 Å². The molecule has 190 valence electrons. The Morgan fingerprint density at radius 1 is 0.806 bits per heavy atom. The maximum Gasteiger partial charge on any atom is 0.188 e. The van der Waals surface area contributed by atoms with Gasteiger partial charge in [-0.1, -0.05) is 42.5 Å². The number of methoxy groups -OCH3 is 3. The molecule has 0 saturated heterocycles. The summed E-state index contributed by atoms with van der Waals surface area (Å²) < 4.78 is 38.9. The number of benzene rings is 3. The molecule has 36 heavy (non-hydrogen) atoms. The van der Waals surface area contributed by atoms with Gasteiger partial charge in [-0.05, 0) is 23.3 Å². The molecular formula is C28H30O8. The van der Waals surface area contributed by atoms with Gasteiger partial charge in [-0.3, -0.25) is 4.79 Å². The minimum atomic E-state index is -0.482. The average molecular weight is 495 g/mol. The van der Waals surface area contributed by atoms with Crippen molar-refractivity contribution in [3.05, 3.63) is 82.9 Å². The van der Waals surface area contributed by atoms with E-state index in [1.165, 1.54) is 7.11 Å². The van der Waals surface area contributed by atoms with Crippen molar-refractivity contribution < 1.29 is 38.0 Å². The Balaban J connectivity index is 1.76. The smallest absolute Gasteiger partial charge is 0.188 e. The topological polar surface area (TPSA) is 81.7 Å². The molecule has 0 N–H and O–H groups in total. The number of rotatable bonds is 12. The normalized spacial score (nSPS) is 14.6. The molecule has 0 amide bonds. The fourth-order valence-corrected chi connectivity index (χ4v) is 4.05. The molecule has 1 aliphatic heterocycles. The summed E-state index contributed by atoms with van der Waals surface area (Å²) >= 11 is 0. The first-order valence-corrected chi connectivity index (χ1v) is 11.5. The third kappa shape index (κ3) is 5.96. The summed E-state index contributed by atoms with van der Waals surface area (Å²) in [6, 6.07) is 19.1. The minimum Gasteiger partial charge on any atom is -0.484 e. The average Bonchev–Trinajstić information content (AvgIpc) is 2.91. The van der Waals surface area contributed by atoms with Gasteiger partial charge in [-0.15, -0.1) is 0 Å². The van der Waals surface area contributed by atoms with E-state index in [-0.39, 0.29) is 32.6 Å². The van der Waals surface area contributed by atoms with E-state index in [4.69, 9.17) is 33.2 Å². The summed E-state index contributed by atoms with van der Waals surface area (Å²) in [6.45, 7) is 0.168. The SMILES string of the molecule is COCOc1ccc(C2CC(=O)c3c(OCOC)cc(OCOC)c(Cc4ccccc4)c3O2)cc1. The third-order valence-corrected chi connectivity index (χ3v) is 5.70. The summed E-state index contributed by atoms with van der Waals surface area (Å²) in [6.07, 6.45) is 0.179. The van der Waals surface area contributed by atoms with Gasteiger partial charge >= 0.3 is 0 Å². The maximum absolute atomic E-state index is 13.5. The number of ketones is 1. The van der Waals surface area contributed by atoms with Crippen molar-refractivity contribution in [2.75, 3.05) is 41.7 Å². The van der Waals surface area contributed by atoms with Gasteiger partial charge in [0.1, 0.15) is 34.7 Å². The molecule has 3 aromatic rings. The molecule has 8 heteroatoms. The molecule has 8 nitrogen and oxygen atoms in total. The molecule has 1 heterocycles. The van der Waals surface area contributed by atoms with Crippen LogP contribution in [0.5, 0.6) is 23.0 Å². The van der Waals surface area contributed by atoms with E-state index in [2.05, 4.69) is 0 Å². The first-order chi connectivity index (χ1) is 17.6. The van der Waals surface area contributed by atoms with Gasteiger partial charge in [0.25, 0.3) is 0 Å². The lowest BCUT2D eigenvalue weighted by Gasteiger charge is -2.30. The van der Waals surface area contributed by atoms with E-state index in [0.717, 1.165) is 16.7 Å². The number of hydrogen-bond acceptors (Lipinski definition) is 8. The van der Waals surface area contributed by atoms with E-state index in [1.54, 1.807) is 20.3 Å². The van der Waals surface area contributed by atoms with Gasteiger partial charge in [-0.2, -0.15) is 0 Å². The summed E-state index contributed by atoms with van der Waals surface area (Å²) in [5.41, 5.74) is 3.03. The Kier molecular flexibility index (Phi) is 8.78. The van der Waals surface area contributed by atoms with Crippen LogP contribution in [0.2, 0.25) is 0 Å². The second kappa shape index (κ2) is 12.4. The Labute approximate surface area is 210 Å². The number of carbonyl (C=O) groups excluding carboxylic acids is 1. The lowest BCUT2D eigenvalue weighted by Crippen LogP contribution is -2.23. The second-order valence-corrected chi connectivity index (χ2v) is 8.17. The van der Waals surface area contributed by atoms with Gasteiger partial charge in [0, 0.05) is 39.4 Å². The van der Waals surface area contributed by atoms with Crippen LogP contribution in [0.1, 0.15) is 39.6 Å². The zero-order valence-corrected chi connectivity index (χ0v) is 20.7. The standard InChI is InChI=1S/C28H30O8/c1-30-16-33-21-11-9-20(10-12-21)24-14-23(29)27-26(35-18-32-3)15-25(34-17-31-2)22(28(27)36-24)13-19-7-5-4-6-8-19/h4-12,15,24H,13-14,16-18H2,1-3H3. The molecule has 0 saturated carbocycles. The van der Waals surface area contributed by atoms with E-state index in [1.807, 2.05) is 54.6 Å². The molecule has 1 aliphatic rings. The first kappa shape index (κ1) is 25.5. The highest BCUT2D eigenvalue weighted by atomic mass is 16.7. The molecule has 4 rings (SSSR count). The summed E-state index contributed by atoms with van der Waals surface area (Å²) in [7, 11) is 4.64. The molecule has 0 aromatic heterocycles. The quantitative estimate of drug-likeness (QED) is 0.328. The summed E-state index contributed by atoms with van der Waals surface area (Å²) in [5.74, 6) is 1.89. The molecule has 0 radical (unpaired) electrons. The lowest BCUT2D eigenvalue weighted by atomic mass is 9.91. The fourth-order valence-electron chi connectivity index (χ4n) is 4.05. The Morgan fingerprint density at radius 3 is 2.11 bits per heavy atom. The van der Waals surface area contributed by atoms with E-state index < -0.39 is 6.10 Å². The van der Waals surface area contributed by atoms with Crippen molar-refractivity contribution in [2.24, 2.45) is 0 Å². The van der Waals surface area contributed by atoms with Crippen molar-refractivity contribution in [2.45, 2.75) is 18.9 Å². The number of Topliss-reactive ketones (excluding diaryl/α,β-unsaturated/α-hetero) is 1. The van der Waals surface area contributed by atoms with Gasteiger partial charge < -0.3 is 33.2 Å². The molecule has 1 atom stereocenters. The molecule has 0 fully saturated rings. The van der Waals surface area contributed by atoms with Crippen LogP contribution in [0.25, 0.3) is 0 Å². The first-order valence-electron chi connectivity index (χ1n) is 11.5. The Morgan fingerprint density at radius 2 is 1.44 bits per heavy atom. The van der Waals surface area contributed by atoms with Gasteiger partial charge in [0.2, 0.25) is 0 Å². The number of ether oxygens (including phenoxy) is 7. The van der Waals surface area contributed by atoms with Crippen molar-refractivity contribution in [3.63, 3.8) is 0 Å². The molecule has 0 aliphatic carbocycles. The minimum absolute atomic E-state index is 0.0200. The Bertz CT molecular complexity index is 1140. The fraction of sp³-hybridized carbons (Fsp3) is 0.321. The Hall–Kier alpha value is -3.59. The number of hydrogen-bond donors (Lipinski definition) is 0. The lowest BCUT2D eigenvalue weighted by molar-refractivity contribution is 0.0433. The highest BCUT2D eigenvalue weighted by Crippen LogP contribution is 2.47. The van der Waals surface area contributed by atoms with Crippen molar-refractivity contribution >= 4 is 5.78 Å². The van der Waals surface area contributed by atoms with Crippen LogP contribution in [-0.4, -0.2) is 47.5 Å². The number of fused-ring (bicyclic) bond motifs is 1. The summed E-state index contributed by atoms with van der Waals surface area (Å²) in [5, 5.41) is 0. The largest absolute Gasteiger partial charge is 0.484 e. The maximum atomic E-state index is 13.5. The van der Waals surface area contributed by atoms with Crippen molar-refractivity contribution in [1.82, 2.24) is 0 Å².